The number of hydrogen-bond acceptors (Lipinski definition) is 4. The van der Waals surface area contributed by atoms with Crippen molar-refractivity contribution in [3.05, 3.63) is 144 Å². The molecular formula is C37H35N7O. The van der Waals surface area contributed by atoms with Gasteiger partial charge in [-0.2, -0.15) is 0 Å². The van der Waals surface area contributed by atoms with Gasteiger partial charge in [-0.3, -0.25) is 14.3 Å². The van der Waals surface area contributed by atoms with Crippen LogP contribution in [0.3, 0.4) is 0 Å². The van der Waals surface area contributed by atoms with E-state index < -0.39 is 17.7 Å². The topological polar surface area (TPSA) is 118 Å². The van der Waals surface area contributed by atoms with Gasteiger partial charge in [-0.25, -0.2) is 0 Å². The molecule has 8 nitrogen and oxygen atoms in total. The minimum Gasteiger partial charge on any atom is -0.369 e. The highest BCUT2D eigenvalue weighted by molar-refractivity contribution is 5.85. The zero-order valence-corrected chi connectivity index (χ0v) is 25.1. The maximum atomic E-state index is 13.4. The van der Waals surface area contributed by atoms with Crippen LogP contribution < -0.4 is 5.73 Å². The Hall–Kier alpha value is -5.50. The summed E-state index contributed by atoms with van der Waals surface area (Å²) >= 11 is 0. The number of fused-ring (bicyclic) bond motifs is 2. The van der Waals surface area contributed by atoms with Gasteiger partial charge in [0.1, 0.15) is 11.6 Å². The van der Waals surface area contributed by atoms with Crippen LogP contribution in [0.5, 0.6) is 0 Å². The number of rotatable bonds is 11. The fourth-order valence-corrected chi connectivity index (χ4v) is 6.49. The van der Waals surface area contributed by atoms with Gasteiger partial charge in [-0.15, -0.1) is 10.2 Å². The average molecular weight is 594 g/mol. The molecule has 224 valence electrons. The third-order valence-corrected chi connectivity index (χ3v) is 8.81. The number of para-hydroxylation sites is 2. The fraction of sp³-hybridized carbons (Fsp3) is 0.189. The molecule has 4 heterocycles. The molecular weight excluding hydrogens is 558 g/mol. The summed E-state index contributed by atoms with van der Waals surface area (Å²) in [6, 6.07) is 30.6. The summed E-state index contributed by atoms with van der Waals surface area (Å²) in [5.41, 5.74) is 13.5. The van der Waals surface area contributed by atoms with E-state index in [0.717, 1.165) is 46.3 Å². The predicted octanol–water partition coefficient (Wildman–Crippen LogP) is 6.57. The van der Waals surface area contributed by atoms with E-state index in [2.05, 4.69) is 87.2 Å². The normalized spacial score (nSPS) is 12.9. The molecule has 0 aliphatic carbocycles. The first-order chi connectivity index (χ1) is 22.1. The lowest BCUT2D eigenvalue weighted by Gasteiger charge is -2.25. The van der Waals surface area contributed by atoms with E-state index in [1.54, 1.807) is 6.20 Å². The van der Waals surface area contributed by atoms with Crippen LogP contribution in [0.1, 0.15) is 52.8 Å². The van der Waals surface area contributed by atoms with Crippen molar-refractivity contribution in [2.45, 2.75) is 44.4 Å². The van der Waals surface area contributed by atoms with Crippen molar-refractivity contribution in [2.75, 3.05) is 0 Å². The van der Waals surface area contributed by atoms with E-state index in [1.807, 2.05) is 42.6 Å². The zero-order chi connectivity index (χ0) is 30.8. The number of nitrogens with zero attached hydrogens (tertiary/aromatic N) is 4. The number of H-pyrrole nitrogens is 2. The summed E-state index contributed by atoms with van der Waals surface area (Å²) in [6.07, 6.45) is 8.69. The van der Waals surface area contributed by atoms with Crippen LogP contribution in [0.4, 0.5) is 0 Å². The Morgan fingerprint density at radius 3 is 2.13 bits per heavy atom. The first-order valence-electron chi connectivity index (χ1n) is 15.4. The van der Waals surface area contributed by atoms with Crippen LogP contribution in [-0.4, -0.2) is 35.6 Å². The van der Waals surface area contributed by atoms with Gasteiger partial charge in [-0.05, 0) is 72.4 Å². The molecule has 0 fully saturated rings. The second-order valence-corrected chi connectivity index (χ2v) is 11.5. The highest BCUT2D eigenvalue weighted by Gasteiger charge is 2.36. The molecule has 0 saturated carbocycles. The van der Waals surface area contributed by atoms with E-state index in [0.29, 0.717) is 24.4 Å². The van der Waals surface area contributed by atoms with Gasteiger partial charge >= 0.3 is 0 Å². The van der Waals surface area contributed by atoms with E-state index >= 15 is 0 Å². The fourth-order valence-electron chi connectivity index (χ4n) is 6.49. The quantitative estimate of drug-likeness (QED) is 0.157. The number of carbonyl (C=O) groups is 1. The zero-order valence-electron chi connectivity index (χ0n) is 25.1. The van der Waals surface area contributed by atoms with Gasteiger partial charge in [0.05, 0.1) is 11.6 Å². The summed E-state index contributed by atoms with van der Waals surface area (Å²) < 4.78 is 2.13. The van der Waals surface area contributed by atoms with Gasteiger partial charge in [-0.1, -0.05) is 61.5 Å². The van der Waals surface area contributed by atoms with Crippen molar-refractivity contribution < 1.29 is 4.79 Å². The summed E-state index contributed by atoms with van der Waals surface area (Å²) in [5, 5.41) is 11.9. The van der Waals surface area contributed by atoms with Crippen LogP contribution in [0, 0.1) is 0 Å². The van der Waals surface area contributed by atoms with E-state index in [-0.39, 0.29) is 0 Å². The Labute approximate surface area is 261 Å². The van der Waals surface area contributed by atoms with Crippen molar-refractivity contribution in [3.8, 4) is 5.69 Å². The first-order valence-corrected chi connectivity index (χ1v) is 15.4. The molecule has 0 saturated heterocycles. The largest absolute Gasteiger partial charge is 0.369 e. The van der Waals surface area contributed by atoms with Crippen molar-refractivity contribution in [3.63, 3.8) is 0 Å². The van der Waals surface area contributed by atoms with Gasteiger partial charge in [0.25, 0.3) is 0 Å². The molecule has 2 atom stereocenters. The summed E-state index contributed by atoms with van der Waals surface area (Å²) in [4.78, 5) is 24.7. The van der Waals surface area contributed by atoms with E-state index in [9.17, 15) is 4.79 Å². The third-order valence-electron chi connectivity index (χ3n) is 8.81. The lowest BCUT2D eigenvalue weighted by molar-refractivity contribution is -0.120. The van der Waals surface area contributed by atoms with Crippen LogP contribution >= 0.6 is 0 Å². The predicted molar refractivity (Wildman–Crippen MR) is 177 cm³/mol. The molecule has 4 N–H and O–H groups in total. The molecule has 7 aromatic rings. The van der Waals surface area contributed by atoms with Gasteiger partial charge in [0, 0.05) is 58.4 Å². The summed E-state index contributed by atoms with van der Waals surface area (Å²) in [5.74, 6) is -0.0913. The molecule has 8 heteroatoms. The minimum absolute atomic E-state index is 0.434. The number of nitrogens with two attached hydrogens (primary N) is 1. The number of aromatic amines is 2. The first kappa shape index (κ1) is 28.3. The number of aryl methyl sites for hydroxylation is 3. The second kappa shape index (κ2) is 12.2. The molecule has 7 rings (SSSR count). The van der Waals surface area contributed by atoms with Gasteiger partial charge in [0.15, 0.2) is 0 Å². The van der Waals surface area contributed by atoms with Crippen molar-refractivity contribution >= 4 is 27.7 Å². The standard InChI is InChI=1S/C37H35N7O/c1-2-24-14-17-27(18-15-24)44-34(19-16-25-22-40-31-11-5-3-9-28(25)31)42-43-37(44)30(35(36(38)45)33-13-7-8-20-39-33)21-26-23-41-32-12-6-4-10-29(26)32/h3-15,17-18,20,22-23,30,35,40-41H,2,16,19,21H2,1H3,(H2,38,45). The summed E-state index contributed by atoms with van der Waals surface area (Å²) in [7, 11) is 0. The van der Waals surface area contributed by atoms with E-state index in [1.165, 1.54) is 16.5 Å². The highest BCUT2D eigenvalue weighted by Crippen LogP contribution is 2.37. The number of hydrogen-bond donors (Lipinski definition) is 3. The SMILES string of the molecule is CCc1ccc(-n2c(CCc3c[nH]c4ccccc34)nnc2C(Cc2c[nH]c3ccccc23)C(C(N)=O)c2ccccn2)cc1. The molecule has 4 aromatic heterocycles. The Bertz CT molecular complexity index is 2070. The Morgan fingerprint density at radius 2 is 1.47 bits per heavy atom. The number of benzene rings is 3. The molecule has 2 unspecified atom stereocenters. The third kappa shape index (κ3) is 5.51. The molecule has 3 aromatic carbocycles. The van der Waals surface area contributed by atoms with Crippen molar-refractivity contribution in [1.29, 1.82) is 0 Å². The molecule has 0 bridgehead atoms. The molecule has 0 spiro atoms. The number of primary amides is 1. The van der Waals surface area contributed by atoms with Crippen LogP contribution in [0.15, 0.2) is 110 Å². The Morgan fingerprint density at radius 1 is 0.800 bits per heavy atom. The van der Waals surface area contributed by atoms with Crippen molar-refractivity contribution in [1.82, 2.24) is 29.7 Å². The van der Waals surface area contributed by atoms with E-state index in [4.69, 9.17) is 15.9 Å². The number of amides is 1. The molecule has 45 heavy (non-hydrogen) atoms. The molecule has 0 radical (unpaired) electrons. The van der Waals surface area contributed by atoms with Crippen LogP contribution in [0.2, 0.25) is 0 Å². The van der Waals surface area contributed by atoms with Crippen molar-refractivity contribution in [2.24, 2.45) is 5.73 Å². The maximum Gasteiger partial charge on any atom is 0.227 e. The number of carbonyl (C=O) groups excluding carboxylic acids is 1. The highest BCUT2D eigenvalue weighted by atomic mass is 16.1. The van der Waals surface area contributed by atoms with Gasteiger partial charge in [0.2, 0.25) is 5.91 Å². The lowest BCUT2D eigenvalue weighted by atomic mass is 9.82. The number of aromatic nitrogens is 6. The summed E-state index contributed by atoms with van der Waals surface area (Å²) in [6.45, 7) is 2.15. The minimum atomic E-state index is -0.723. The molecule has 0 aliphatic heterocycles. The second-order valence-electron chi connectivity index (χ2n) is 11.5. The Kier molecular flexibility index (Phi) is 7.69. The Balaban J connectivity index is 1.37. The van der Waals surface area contributed by atoms with Gasteiger partial charge < -0.3 is 15.7 Å². The smallest absolute Gasteiger partial charge is 0.227 e. The monoisotopic (exact) mass is 593 g/mol. The van der Waals surface area contributed by atoms with Crippen LogP contribution in [0.25, 0.3) is 27.5 Å². The lowest BCUT2D eigenvalue weighted by Crippen LogP contribution is -2.30. The molecule has 0 aliphatic rings. The maximum absolute atomic E-state index is 13.4. The molecule has 1 amide bonds. The number of pyridine rings is 1. The average Bonchev–Trinajstić information content (AvgIpc) is 3.81. The number of nitrogens with one attached hydrogen (secondary N) is 2. The van der Waals surface area contributed by atoms with Crippen LogP contribution in [-0.2, 0) is 30.5 Å².